The first-order valence-electron chi connectivity index (χ1n) is 6.67. The quantitative estimate of drug-likeness (QED) is 0.775. The summed E-state index contributed by atoms with van der Waals surface area (Å²) in [4.78, 5) is 0. The van der Waals surface area contributed by atoms with Crippen LogP contribution in [0.4, 0.5) is 0 Å². The van der Waals surface area contributed by atoms with Gasteiger partial charge < -0.3 is 14.8 Å². The van der Waals surface area contributed by atoms with Gasteiger partial charge in [-0.25, -0.2) is 0 Å². The van der Waals surface area contributed by atoms with Crippen LogP contribution >= 0.6 is 0 Å². The lowest BCUT2D eigenvalue weighted by molar-refractivity contribution is -0.137. The third-order valence-electron chi connectivity index (χ3n) is 3.17. The zero-order chi connectivity index (χ0) is 12.8. The molecule has 0 saturated carbocycles. The molecule has 1 fully saturated rings. The maximum Gasteiger partial charge on any atom is 0.147 e. The van der Waals surface area contributed by atoms with Crippen molar-refractivity contribution in [3.63, 3.8) is 0 Å². The van der Waals surface area contributed by atoms with Crippen molar-refractivity contribution in [3.8, 4) is 0 Å². The molecule has 1 saturated heterocycles. The Morgan fingerprint density at radius 3 is 3.06 bits per heavy atom. The van der Waals surface area contributed by atoms with E-state index in [1.54, 1.807) is 0 Å². The predicted molar refractivity (Wildman–Crippen MR) is 69.5 cm³/mol. The summed E-state index contributed by atoms with van der Waals surface area (Å²) in [6, 6.07) is 2.11. The van der Waals surface area contributed by atoms with Crippen molar-refractivity contribution >= 4 is 0 Å². The van der Waals surface area contributed by atoms with Crippen LogP contribution in [0.1, 0.15) is 24.2 Å². The van der Waals surface area contributed by atoms with E-state index in [-0.39, 0.29) is 0 Å². The maximum absolute atomic E-state index is 5.46. The molecular weight excluding hydrogens is 230 g/mol. The minimum atomic E-state index is 0.312. The Hall–Kier alpha value is -0.910. The first-order chi connectivity index (χ1) is 8.75. The highest BCUT2D eigenvalue weighted by atomic mass is 16.7. The molecule has 1 aliphatic rings. The van der Waals surface area contributed by atoms with Crippen molar-refractivity contribution in [3.05, 3.63) is 17.5 Å². The van der Waals surface area contributed by atoms with Crippen LogP contribution in [0, 0.1) is 13.8 Å². The Morgan fingerprint density at radius 2 is 2.39 bits per heavy atom. The van der Waals surface area contributed by atoms with Gasteiger partial charge in [0.05, 0.1) is 18.4 Å². The van der Waals surface area contributed by atoms with Crippen LogP contribution < -0.4 is 5.32 Å². The van der Waals surface area contributed by atoms with E-state index in [0.29, 0.717) is 12.9 Å². The highest BCUT2D eigenvalue weighted by Gasteiger charge is 2.12. The summed E-state index contributed by atoms with van der Waals surface area (Å²) in [5, 5.41) is 7.88. The minimum absolute atomic E-state index is 0.312. The van der Waals surface area contributed by atoms with Crippen molar-refractivity contribution < 1.29 is 9.47 Å². The van der Waals surface area contributed by atoms with Crippen molar-refractivity contribution in [2.75, 3.05) is 26.5 Å². The fourth-order valence-corrected chi connectivity index (χ4v) is 2.18. The summed E-state index contributed by atoms with van der Waals surface area (Å²) >= 11 is 0. The summed E-state index contributed by atoms with van der Waals surface area (Å²) in [5.41, 5.74) is 2.33. The first-order valence-corrected chi connectivity index (χ1v) is 6.67. The summed E-state index contributed by atoms with van der Waals surface area (Å²) in [6.07, 6.45) is 2.39. The number of nitrogens with zero attached hydrogens (tertiary/aromatic N) is 2. The van der Waals surface area contributed by atoms with E-state index in [1.165, 1.54) is 5.69 Å². The average Bonchev–Trinajstić information content (AvgIpc) is 2.69. The van der Waals surface area contributed by atoms with Gasteiger partial charge in [-0.2, -0.15) is 5.10 Å². The Bertz CT molecular complexity index is 359. The second-order valence-electron chi connectivity index (χ2n) is 4.81. The number of hydrogen-bond acceptors (Lipinski definition) is 4. The van der Waals surface area contributed by atoms with E-state index in [4.69, 9.17) is 9.47 Å². The van der Waals surface area contributed by atoms with Gasteiger partial charge in [-0.05, 0) is 39.3 Å². The summed E-state index contributed by atoms with van der Waals surface area (Å²) < 4.78 is 12.7. The first kappa shape index (κ1) is 13.5. The van der Waals surface area contributed by atoms with Gasteiger partial charge in [-0.15, -0.1) is 0 Å². The van der Waals surface area contributed by atoms with Crippen LogP contribution in [0.3, 0.4) is 0 Å². The third-order valence-corrected chi connectivity index (χ3v) is 3.17. The Labute approximate surface area is 108 Å². The van der Waals surface area contributed by atoms with Crippen molar-refractivity contribution in [2.24, 2.45) is 0 Å². The molecular formula is C13H23N3O2. The largest absolute Gasteiger partial charge is 0.355 e. The SMILES string of the molecule is Cc1cc(C)n(CCCNCC2CCOCO2)n1. The predicted octanol–water partition coefficient (Wildman–Crippen LogP) is 1.24. The van der Waals surface area contributed by atoms with Gasteiger partial charge in [-0.1, -0.05) is 0 Å². The molecule has 1 aromatic heterocycles. The van der Waals surface area contributed by atoms with E-state index in [1.807, 2.05) is 6.92 Å². The number of aryl methyl sites for hydroxylation is 3. The van der Waals surface area contributed by atoms with Crippen LogP contribution in [-0.4, -0.2) is 42.4 Å². The molecule has 0 spiro atoms. The molecule has 18 heavy (non-hydrogen) atoms. The second-order valence-corrected chi connectivity index (χ2v) is 4.81. The summed E-state index contributed by atoms with van der Waals surface area (Å²) in [5.74, 6) is 0. The van der Waals surface area contributed by atoms with Gasteiger partial charge in [0.1, 0.15) is 6.79 Å². The molecule has 5 nitrogen and oxygen atoms in total. The average molecular weight is 253 g/mol. The van der Waals surface area contributed by atoms with Gasteiger partial charge in [0.2, 0.25) is 0 Å². The Kier molecular flexibility index (Phi) is 5.16. The van der Waals surface area contributed by atoms with E-state index in [9.17, 15) is 0 Å². The Balaban J connectivity index is 1.57. The van der Waals surface area contributed by atoms with Crippen LogP contribution in [0.2, 0.25) is 0 Å². The van der Waals surface area contributed by atoms with E-state index in [0.717, 1.165) is 44.8 Å². The smallest absolute Gasteiger partial charge is 0.147 e. The molecule has 0 bridgehead atoms. The molecule has 2 rings (SSSR count). The lowest BCUT2D eigenvalue weighted by Gasteiger charge is -2.22. The fourth-order valence-electron chi connectivity index (χ4n) is 2.18. The third kappa shape index (κ3) is 4.08. The van der Waals surface area contributed by atoms with Gasteiger partial charge in [0, 0.05) is 18.8 Å². The molecule has 2 heterocycles. The van der Waals surface area contributed by atoms with Gasteiger partial charge in [0.15, 0.2) is 0 Å². The molecule has 1 unspecified atom stereocenters. The van der Waals surface area contributed by atoms with E-state index in [2.05, 4.69) is 28.1 Å². The minimum Gasteiger partial charge on any atom is -0.355 e. The maximum atomic E-state index is 5.46. The van der Waals surface area contributed by atoms with Crippen molar-refractivity contribution in [2.45, 2.75) is 39.3 Å². The zero-order valence-corrected chi connectivity index (χ0v) is 11.3. The monoisotopic (exact) mass is 253 g/mol. The van der Waals surface area contributed by atoms with E-state index < -0.39 is 0 Å². The number of aromatic nitrogens is 2. The number of hydrogen-bond donors (Lipinski definition) is 1. The molecule has 0 aliphatic carbocycles. The Morgan fingerprint density at radius 1 is 1.50 bits per heavy atom. The molecule has 102 valence electrons. The van der Waals surface area contributed by atoms with E-state index >= 15 is 0 Å². The van der Waals surface area contributed by atoms with Crippen molar-refractivity contribution in [1.82, 2.24) is 15.1 Å². The molecule has 5 heteroatoms. The molecule has 0 radical (unpaired) electrons. The van der Waals surface area contributed by atoms with Gasteiger partial charge in [0.25, 0.3) is 0 Å². The molecule has 0 aromatic carbocycles. The van der Waals surface area contributed by atoms with Gasteiger partial charge >= 0.3 is 0 Å². The molecule has 0 amide bonds. The lowest BCUT2D eigenvalue weighted by atomic mass is 10.2. The number of rotatable bonds is 6. The van der Waals surface area contributed by atoms with Crippen LogP contribution in [0.5, 0.6) is 0 Å². The standard InChI is InChI=1S/C13H23N3O2/c1-11-8-12(2)16(15-11)6-3-5-14-9-13-4-7-17-10-18-13/h8,13-14H,3-7,9-10H2,1-2H3. The zero-order valence-electron chi connectivity index (χ0n) is 11.3. The molecule has 1 aromatic rings. The summed E-state index contributed by atoms with van der Waals surface area (Å²) in [7, 11) is 0. The van der Waals surface area contributed by atoms with Crippen molar-refractivity contribution in [1.29, 1.82) is 0 Å². The number of nitrogens with one attached hydrogen (secondary N) is 1. The van der Waals surface area contributed by atoms with Gasteiger partial charge in [-0.3, -0.25) is 4.68 Å². The topological polar surface area (TPSA) is 48.3 Å². The normalized spacial score (nSPS) is 20.2. The van der Waals surface area contributed by atoms with Crippen LogP contribution in [0.15, 0.2) is 6.07 Å². The van der Waals surface area contributed by atoms with Crippen LogP contribution in [-0.2, 0) is 16.0 Å². The summed E-state index contributed by atoms with van der Waals surface area (Å²) in [6.45, 7) is 8.28. The molecule has 1 N–H and O–H groups in total. The highest BCUT2D eigenvalue weighted by molar-refractivity contribution is 5.06. The fraction of sp³-hybridized carbons (Fsp3) is 0.769. The molecule has 1 aliphatic heterocycles. The van der Waals surface area contributed by atoms with Crippen LogP contribution in [0.25, 0.3) is 0 Å². The highest BCUT2D eigenvalue weighted by Crippen LogP contribution is 2.05. The molecule has 1 atom stereocenters. The lowest BCUT2D eigenvalue weighted by Crippen LogP contribution is -2.34. The number of ether oxygens (including phenoxy) is 2. The second kappa shape index (κ2) is 6.87.